The molecule has 1 amide bonds. The molecule has 140 valence electrons. The Kier molecular flexibility index (Phi) is 4.81. The number of hydrogen-bond donors (Lipinski definition) is 1. The molecule has 3 heterocycles. The number of nitrogens with zero attached hydrogens (tertiary/aromatic N) is 3. The number of nitrogens with one attached hydrogen (secondary N) is 1. The van der Waals surface area contributed by atoms with Crippen molar-refractivity contribution in [3.63, 3.8) is 0 Å². The lowest BCUT2D eigenvalue weighted by molar-refractivity contribution is 0.0491. The molecule has 1 aromatic heterocycles. The molecule has 1 aromatic carbocycles. The number of carbonyl (C=O) groups is 1. The van der Waals surface area contributed by atoms with Crippen LogP contribution in [0.25, 0.3) is 0 Å². The second kappa shape index (κ2) is 7.40. The van der Waals surface area contributed by atoms with Crippen LogP contribution in [0.15, 0.2) is 36.7 Å². The quantitative estimate of drug-likeness (QED) is 0.814. The summed E-state index contributed by atoms with van der Waals surface area (Å²) in [5, 5.41) is 7.27. The van der Waals surface area contributed by atoms with Gasteiger partial charge in [-0.25, -0.2) is 5.01 Å². The molecule has 4 rings (SSSR count). The predicted molar refractivity (Wildman–Crippen MR) is 103 cm³/mol. The standard InChI is InChI=1S/C19H20N4O3S/c1-13-7-15(11-20-9-13)18(24)22-5-2-6-23(22)19(27)21-10-14-3-4-16-17(8-14)26-12-25-16/h3-4,7-9,11H,2,5-6,10,12H2,1H3,(H,21,27). The number of thiocarbonyl (C=S) groups is 1. The molecule has 0 radical (unpaired) electrons. The number of hydrogen-bond acceptors (Lipinski definition) is 5. The minimum atomic E-state index is -0.0871. The van der Waals surface area contributed by atoms with E-state index in [1.807, 2.05) is 36.2 Å². The average Bonchev–Trinajstić information content (AvgIpc) is 3.34. The molecule has 0 saturated carbocycles. The largest absolute Gasteiger partial charge is 0.454 e. The second-order valence-electron chi connectivity index (χ2n) is 6.50. The number of aryl methyl sites for hydroxylation is 1. The van der Waals surface area contributed by atoms with E-state index in [1.165, 1.54) is 0 Å². The maximum atomic E-state index is 12.8. The van der Waals surface area contributed by atoms with Crippen molar-refractivity contribution in [1.29, 1.82) is 0 Å². The van der Waals surface area contributed by atoms with Gasteiger partial charge >= 0.3 is 0 Å². The molecule has 1 fully saturated rings. The lowest BCUT2D eigenvalue weighted by Crippen LogP contribution is -2.48. The van der Waals surface area contributed by atoms with E-state index in [0.717, 1.165) is 29.0 Å². The van der Waals surface area contributed by atoms with Gasteiger partial charge in [-0.1, -0.05) is 6.07 Å². The summed E-state index contributed by atoms with van der Waals surface area (Å²) in [4.78, 5) is 17.0. The first-order valence-electron chi connectivity index (χ1n) is 8.79. The molecule has 2 aliphatic heterocycles. The smallest absolute Gasteiger partial charge is 0.274 e. The molecule has 27 heavy (non-hydrogen) atoms. The minimum Gasteiger partial charge on any atom is -0.454 e. The summed E-state index contributed by atoms with van der Waals surface area (Å²) in [6.07, 6.45) is 4.20. The van der Waals surface area contributed by atoms with Crippen LogP contribution >= 0.6 is 12.2 Å². The van der Waals surface area contributed by atoms with E-state index in [0.29, 0.717) is 30.3 Å². The number of fused-ring (bicyclic) bond motifs is 1. The van der Waals surface area contributed by atoms with Crippen molar-refractivity contribution in [1.82, 2.24) is 20.3 Å². The Morgan fingerprint density at radius 1 is 1.19 bits per heavy atom. The maximum absolute atomic E-state index is 12.8. The number of ether oxygens (including phenoxy) is 2. The minimum absolute atomic E-state index is 0.0871. The van der Waals surface area contributed by atoms with Crippen LogP contribution in [0, 0.1) is 6.92 Å². The molecule has 2 aliphatic rings. The van der Waals surface area contributed by atoms with E-state index in [9.17, 15) is 4.79 Å². The highest BCUT2D eigenvalue weighted by molar-refractivity contribution is 7.80. The van der Waals surface area contributed by atoms with Gasteiger partial charge in [0, 0.05) is 32.0 Å². The molecular weight excluding hydrogens is 364 g/mol. The molecule has 0 aliphatic carbocycles. The topological polar surface area (TPSA) is 66.9 Å². The van der Waals surface area contributed by atoms with Gasteiger partial charge in [-0.05, 0) is 54.9 Å². The highest BCUT2D eigenvalue weighted by Crippen LogP contribution is 2.32. The zero-order chi connectivity index (χ0) is 18.8. The Balaban J connectivity index is 1.41. The molecule has 0 unspecified atom stereocenters. The molecule has 8 heteroatoms. The Morgan fingerprint density at radius 3 is 2.85 bits per heavy atom. The summed E-state index contributed by atoms with van der Waals surface area (Å²) >= 11 is 5.53. The van der Waals surface area contributed by atoms with Crippen molar-refractivity contribution in [2.75, 3.05) is 19.9 Å². The number of pyridine rings is 1. The zero-order valence-corrected chi connectivity index (χ0v) is 15.8. The highest BCUT2D eigenvalue weighted by atomic mass is 32.1. The average molecular weight is 384 g/mol. The fourth-order valence-electron chi connectivity index (χ4n) is 3.17. The number of aromatic nitrogens is 1. The van der Waals surface area contributed by atoms with E-state index in [2.05, 4.69) is 10.3 Å². The van der Waals surface area contributed by atoms with Crippen LogP contribution < -0.4 is 14.8 Å². The van der Waals surface area contributed by atoms with Crippen LogP contribution in [0.5, 0.6) is 11.5 Å². The number of benzene rings is 1. The van der Waals surface area contributed by atoms with Gasteiger partial charge in [-0.15, -0.1) is 0 Å². The van der Waals surface area contributed by atoms with E-state index >= 15 is 0 Å². The molecule has 0 atom stereocenters. The summed E-state index contributed by atoms with van der Waals surface area (Å²) in [5.41, 5.74) is 2.55. The van der Waals surface area contributed by atoms with Gasteiger partial charge in [-0.2, -0.15) is 0 Å². The first-order valence-corrected chi connectivity index (χ1v) is 9.20. The molecule has 2 aromatic rings. The SMILES string of the molecule is Cc1cncc(C(=O)N2CCCN2C(=S)NCc2ccc3c(c2)OCO3)c1. The number of rotatable bonds is 3. The molecule has 7 nitrogen and oxygen atoms in total. The third kappa shape index (κ3) is 3.66. The Morgan fingerprint density at radius 2 is 2.00 bits per heavy atom. The van der Waals surface area contributed by atoms with Crippen molar-refractivity contribution in [3.05, 3.63) is 53.3 Å². The molecule has 1 N–H and O–H groups in total. The Labute approximate surface area is 162 Å². The van der Waals surface area contributed by atoms with E-state index < -0.39 is 0 Å². The third-order valence-corrected chi connectivity index (χ3v) is 4.86. The molecule has 0 bridgehead atoms. The monoisotopic (exact) mass is 384 g/mol. The van der Waals surface area contributed by atoms with Crippen LogP contribution in [0.1, 0.15) is 27.9 Å². The van der Waals surface area contributed by atoms with Gasteiger partial charge < -0.3 is 14.8 Å². The summed E-state index contributed by atoms with van der Waals surface area (Å²) in [6.45, 7) is 4.06. The lowest BCUT2D eigenvalue weighted by Gasteiger charge is -2.30. The van der Waals surface area contributed by atoms with Gasteiger partial charge in [0.25, 0.3) is 5.91 Å². The third-order valence-electron chi connectivity index (χ3n) is 4.50. The number of amides is 1. The van der Waals surface area contributed by atoms with E-state index in [4.69, 9.17) is 21.7 Å². The Hall–Kier alpha value is -2.87. The molecular formula is C19H20N4O3S. The summed E-state index contributed by atoms with van der Waals surface area (Å²) in [5.74, 6) is 1.41. The van der Waals surface area contributed by atoms with Crippen molar-refractivity contribution < 1.29 is 14.3 Å². The van der Waals surface area contributed by atoms with Crippen LogP contribution in [0.4, 0.5) is 0 Å². The fraction of sp³-hybridized carbons (Fsp3) is 0.316. The molecule has 0 spiro atoms. The van der Waals surface area contributed by atoms with E-state index in [-0.39, 0.29) is 12.7 Å². The first-order chi connectivity index (χ1) is 13.1. The Bertz CT molecular complexity index is 889. The van der Waals surface area contributed by atoms with Crippen LogP contribution in [0.3, 0.4) is 0 Å². The van der Waals surface area contributed by atoms with Gasteiger partial charge in [-0.3, -0.25) is 14.8 Å². The number of hydrazine groups is 1. The summed E-state index contributed by atoms with van der Waals surface area (Å²) in [6, 6.07) is 7.63. The lowest BCUT2D eigenvalue weighted by atomic mass is 10.2. The maximum Gasteiger partial charge on any atom is 0.274 e. The van der Waals surface area contributed by atoms with Crippen molar-refractivity contribution in [3.8, 4) is 11.5 Å². The normalized spacial score (nSPS) is 15.1. The van der Waals surface area contributed by atoms with Gasteiger partial charge in [0.05, 0.1) is 5.56 Å². The van der Waals surface area contributed by atoms with Crippen molar-refractivity contribution >= 4 is 23.2 Å². The number of carbonyl (C=O) groups excluding carboxylic acids is 1. The van der Waals surface area contributed by atoms with Gasteiger partial charge in [0.2, 0.25) is 6.79 Å². The van der Waals surface area contributed by atoms with Gasteiger partial charge in [0.15, 0.2) is 16.6 Å². The second-order valence-corrected chi connectivity index (χ2v) is 6.89. The fourth-order valence-corrected chi connectivity index (χ4v) is 3.44. The van der Waals surface area contributed by atoms with Crippen LogP contribution in [-0.4, -0.2) is 45.9 Å². The highest BCUT2D eigenvalue weighted by Gasteiger charge is 2.29. The van der Waals surface area contributed by atoms with Crippen molar-refractivity contribution in [2.45, 2.75) is 19.9 Å². The summed E-state index contributed by atoms with van der Waals surface area (Å²) < 4.78 is 10.7. The summed E-state index contributed by atoms with van der Waals surface area (Å²) in [7, 11) is 0. The van der Waals surface area contributed by atoms with Crippen LogP contribution in [-0.2, 0) is 6.54 Å². The van der Waals surface area contributed by atoms with E-state index in [1.54, 1.807) is 17.4 Å². The van der Waals surface area contributed by atoms with Gasteiger partial charge in [0.1, 0.15) is 0 Å². The zero-order valence-electron chi connectivity index (χ0n) is 15.0. The van der Waals surface area contributed by atoms with Crippen LogP contribution in [0.2, 0.25) is 0 Å². The van der Waals surface area contributed by atoms with Crippen molar-refractivity contribution in [2.24, 2.45) is 0 Å². The molecule has 1 saturated heterocycles. The predicted octanol–water partition coefficient (Wildman–Crippen LogP) is 2.26. The first kappa shape index (κ1) is 17.5.